The van der Waals surface area contributed by atoms with Gasteiger partial charge in [-0.15, -0.1) is 0 Å². The standard InChI is InChI=1S/C22H22ClN3O2/c1-15-19(23)8-5-9-20(15)25-21(27)13-24-22(28)14-26(2)18-11-10-16-6-3-4-7-17(16)12-18/h3-12H,13-14H2,1-2H3,(H,24,28)(H,25,27). The zero-order chi connectivity index (χ0) is 20.1. The quantitative estimate of drug-likeness (QED) is 0.663. The number of benzene rings is 3. The van der Waals surface area contributed by atoms with Gasteiger partial charge < -0.3 is 15.5 Å². The Hall–Kier alpha value is -3.05. The highest BCUT2D eigenvalue weighted by molar-refractivity contribution is 6.31. The molecule has 0 atom stereocenters. The van der Waals surface area contributed by atoms with E-state index in [0.717, 1.165) is 22.0 Å². The first-order chi connectivity index (χ1) is 13.4. The molecule has 5 nitrogen and oxygen atoms in total. The molecule has 2 amide bonds. The largest absolute Gasteiger partial charge is 0.365 e. The Balaban J connectivity index is 1.53. The van der Waals surface area contributed by atoms with Gasteiger partial charge in [0.15, 0.2) is 0 Å². The molecule has 3 rings (SSSR count). The van der Waals surface area contributed by atoms with Crippen LogP contribution in [-0.4, -0.2) is 32.0 Å². The molecule has 6 heteroatoms. The van der Waals surface area contributed by atoms with Crippen molar-refractivity contribution in [2.45, 2.75) is 6.92 Å². The summed E-state index contributed by atoms with van der Waals surface area (Å²) in [5.41, 5.74) is 2.37. The molecule has 0 spiro atoms. The van der Waals surface area contributed by atoms with Crippen LogP contribution in [-0.2, 0) is 9.59 Å². The van der Waals surface area contributed by atoms with Crippen LogP contribution < -0.4 is 15.5 Å². The van der Waals surface area contributed by atoms with Crippen LogP contribution in [0.1, 0.15) is 5.56 Å². The van der Waals surface area contributed by atoms with Crippen LogP contribution in [0.25, 0.3) is 10.8 Å². The minimum Gasteiger partial charge on any atom is -0.365 e. The number of likely N-dealkylation sites (N-methyl/N-ethyl adjacent to an activating group) is 1. The van der Waals surface area contributed by atoms with E-state index in [1.165, 1.54) is 0 Å². The summed E-state index contributed by atoms with van der Waals surface area (Å²) in [6, 6.07) is 19.4. The Kier molecular flexibility index (Phi) is 6.16. The van der Waals surface area contributed by atoms with Crippen LogP contribution in [0.4, 0.5) is 11.4 Å². The van der Waals surface area contributed by atoms with Crippen molar-refractivity contribution >= 4 is 45.6 Å². The van der Waals surface area contributed by atoms with Crippen molar-refractivity contribution in [3.05, 3.63) is 71.2 Å². The molecule has 0 heterocycles. The average molecular weight is 396 g/mol. The Labute approximate surface area is 169 Å². The minimum atomic E-state index is -0.299. The Morgan fingerprint density at radius 1 is 0.964 bits per heavy atom. The Morgan fingerprint density at radius 3 is 2.50 bits per heavy atom. The molecule has 0 bridgehead atoms. The van der Waals surface area contributed by atoms with E-state index in [9.17, 15) is 9.59 Å². The lowest BCUT2D eigenvalue weighted by atomic mass is 10.1. The summed E-state index contributed by atoms with van der Waals surface area (Å²) in [7, 11) is 1.85. The van der Waals surface area contributed by atoms with E-state index >= 15 is 0 Å². The molecule has 144 valence electrons. The maximum absolute atomic E-state index is 12.2. The summed E-state index contributed by atoms with van der Waals surface area (Å²) in [6.07, 6.45) is 0. The van der Waals surface area contributed by atoms with E-state index in [4.69, 9.17) is 11.6 Å². The number of hydrogen-bond acceptors (Lipinski definition) is 3. The molecule has 0 saturated carbocycles. The molecule has 3 aromatic carbocycles. The van der Waals surface area contributed by atoms with E-state index in [1.54, 1.807) is 18.2 Å². The van der Waals surface area contributed by atoms with Gasteiger partial charge in [0.1, 0.15) is 0 Å². The second-order valence-electron chi connectivity index (χ2n) is 6.62. The molecular weight excluding hydrogens is 374 g/mol. The predicted molar refractivity (Wildman–Crippen MR) is 115 cm³/mol. The van der Waals surface area contributed by atoms with Crippen LogP contribution in [0.15, 0.2) is 60.7 Å². The Morgan fingerprint density at radius 2 is 1.71 bits per heavy atom. The van der Waals surface area contributed by atoms with Crippen molar-refractivity contribution < 1.29 is 9.59 Å². The van der Waals surface area contributed by atoms with E-state index in [1.807, 2.05) is 61.3 Å². The van der Waals surface area contributed by atoms with Gasteiger partial charge in [0.05, 0.1) is 13.1 Å². The summed E-state index contributed by atoms with van der Waals surface area (Å²) >= 11 is 6.05. The molecule has 3 aromatic rings. The number of nitrogens with one attached hydrogen (secondary N) is 2. The van der Waals surface area contributed by atoms with Crippen LogP contribution >= 0.6 is 11.6 Å². The van der Waals surface area contributed by atoms with Gasteiger partial charge in [0.25, 0.3) is 0 Å². The first-order valence-electron chi connectivity index (χ1n) is 8.95. The lowest BCUT2D eigenvalue weighted by molar-refractivity contribution is -0.123. The molecule has 0 fully saturated rings. The van der Waals surface area contributed by atoms with E-state index in [2.05, 4.69) is 10.6 Å². The van der Waals surface area contributed by atoms with Crippen molar-refractivity contribution in [1.82, 2.24) is 5.32 Å². The maximum atomic E-state index is 12.2. The van der Waals surface area contributed by atoms with Gasteiger partial charge in [0.2, 0.25) is 11.8 Å². The zero-order valence-electron chi connectivity index (χ0n) is 15.8. The van der Waals surface area contributed by atoms with Crippen molar-refractivity contribution in [2.24, 2.45) is 0 Å². The second kappa shape index (κ2) is 8.76. The monoisotopic (exact) mass is 395 g/mol. The summed E-state index contributed by atoms with van der Waals surface area (Å²) in [5.74, 6) is -0.527. The number of amides is 2. The van der Waals surface area contributed by atoms with E-state index < -0.39 is 0 Å². The van der Waals surface area contributed by atoms with E-state index in [-0.39, 0.29) is 24.9 Å². The first kappa shape index (κ1) is 19.7. The highest BCUT2D eigenvalue weighted by Gasteiger charge is 2.11. The number of carbonyl (C=O) groups excluding carboxylic acids is 2. The average Bonchev–Trinajstić information content (AvgIpc) is 2.69. The fraction of sp³-hybridized carbons (Fsp3) is 0.182. The molecule has 0 aliphatic rings. The molecule has 0 aliphatic heterocycles. The summed E-state index contributed by atoms with van der Waals surface area (Å²) < 4.78 is 0. The maximum Gasteiger partial charge on any atom is 0.243 e. The number of rotatable bonds is 6. The van der Waals surface area contributed by atoms with Gasteiger partial charge in [0, 0.05) is 23.4 Å². The predicted octanol–water partition coefficient (Wildman–Crippen LogP) is 3.99. The first-order valence-corrected chi connectivity index (χ1v) is 9.33. The van der Waals surface area contributed by atoms with Gasteiger partial charge in [-0.25, -0.2) is 0 Å². The molecule has 0 saturated heterocycles. The van der Waals surface area contributed by atoms with Crippen molar-refractivity contribution in [1.29, 1.82) is 0 Å². The third kappa shape index (κ3) is 4.81. The van der Waals surface area contributed by atoms with Crippen molar-refractivity contribution in [3.8, 4) is 0 Å². The second-order valence-corrected chi connectivity index (χ2v) is 7.03. The topological polar surface area (TPSA) is 61.4 Å². The molecule has 0 aromatic heterocycles. The number of carbonyl (C=O) groups is 2. The molecular formula is C22H22ClN3O2. The molecule has 0 radical (unpaired) electrons. The fourth-order valence-electron chi connectivity index (χ4n) is 2.89. The van der Waals surface area contributed by atoms with Crippen molar-refractivity contribution in [2.75, 3.05) is 30.4 Å². The smallest absolute Gasteiger partial charge is 0.243 e. The van der Waals surface area contributed by atoms with Gasteiger partial charge in [-0.3, -0.25) is 9.59 Å². The summed E-state index contributed by atoms with van der Waals surface area (Å²) in [5, 5.41) is 8.26. The number of fused-ring (bicyclic) bond motifs is 1. The number of anilines is 2. The van der Waals surface area contributed by atoms with Crippen molar-refractivity contribution in [3.63, 3.8) is 0 Å². The van der Waals surface area contributed by atoms with Gasteiger partial charge >= 0.3 is 0 Å². The SMILES string of the molecule is Cc1c(Cl)cccc1NC(=O)CNC(=O)CN(C)c1ccc2ccccc2c1. The number of nitrogens with zero attached hydrogens (tertiary/aromatic N) is 1. The highest BCUT2D eigenvalue weighted by Crippen LogP contribution is 2.23. The van der Waals surface area contributed by atoms with Crippen LogP contribution in [0, 0.1) is 6.92 Å². The summed E-state index contributed by atoms with van der Waals surface area (Å²) in [6.45, 7) is 1.88. The molecule has 0 aliphatic carbocycles. The Bertz CT molecular complexity index is 1020. The number of hydrogen-bond donors (Lipinski definition) is 2. The fourth-order valence-corrected chi connectivity index (χ4v) is 3.07. The minimum absolute atomic E-state index is 0.101. The third-order valence-corrected chi connectivity index (χ3v) is 4.95. The lowest BCUT2D eigenvalue weighted by Gasteiger charge is -2.19. The number of halogens is 1. The highest BCUT2D eigenvalue weighted by atomic mass is 35.5. The lowest BCUT2D eigenvalue weighted by Crippen LogP contribution is -2.39. The van der Waals surface area contributed by atoms with Crippen LogP contribution in [0.3, 0.4) is 0 Å². The molecule has 28 heavy (non-hydrogen) atoms. The third-order valence-electron chi connectivity index (χ3n) is 4.54. The van der Waals surface area contributed by atoms with Gasteiger partial charge in [-0.2, -0.15) is 0 Å². The molecule has 0 unspecified atom stereocenters. The van der Waals surface area contributed by atoms with Crippen LogP contribution in [0.5, 0.6) is 0 Å². The normalized spacial score (nSPS) is 10.5. The van der Waals surface area contributed by atoms with Gasteiger partial charge in [-0.1, -0.05) is 48.0 Å². The van der Waals surface area contributed by atoms with Crippen LogP contribution in [0.2, 0.25) is 5.02 Å². The molecule has 2 N–H and O–H groups in total. The van der Waals surface area contributed by atoms with E-state index in [0.29, 0.717) is 10.7 Å². The van der Waals surface area contributed by atoms with Gasteiger partial charge in [-0.05, 0) is 47.5 Å². The summed E-state index contributed by atoms with van der Waals surface area (Å²) in [4.78, 5) is 26.2. The zero-order valence-corrected chi connectivity index (χ0v) is 16.6.